The lowest BCUT2D eigenvalue weighted by molar-refractivity contribution is 0.102. The number of halogens is 1. The molecule has 0 unspecified atom stereocenters. The van der Waals surface area contributed by atoms with Crippen molar-refractivity contribution in [2.24, 2.45) is 0 Å². The van der Waals surface area contributed by atoms with Gasteiger partial charge in [0.05, 0.1) is 5.69 Å². The standard InChI is InChI=1S/C30H23ClN6O3S/c1-17-16-18(2)37(36-17)29-25(32-27(40-29)20-8-5-4-6-9-20)26(38)33-30-35-34-28(41-30)21-12-14-22(15-13-21)39-24-11-7-10-23(31)19(24)3/h4-16H,1-3H3,(H,33,35,38). The van der Waals surface area contributed by atoms with Crippen molar-refractivity contribution in [1.29, 1.82) is 0 Å². The minimum atomic E-state index is -0.484. The molecule has 11 heteroatoms. The number of nitrogens with zero attached hydrogens (tertiary/aromatic N) is 5. The van der Waals surface area contributed by atoms with Gasteiger partial charge in [0.25, 0.3) is 11.8 Å². The van der Waals surface area contributed by atoms with Crippen molar-refractivity contribution < 1.29 is 13.9 Å². The predicted molar refractivity (Wildman–Crippen MR) is 158 cm³/mol. The van der Waals surface area contributed by atoms with Crippen LogP contribution in [0.1, 0.15) is 27.4 Å². The second-order valence-electron chi connectivity index (χ2n) is 9.23. The molecule has 0 saturated carbocycles. The minimum absolute atomic E-state index is 0.0876. The van der Waals surface area contributed by atoms with Crippen LogP contribution in [0, 0.1) is 20.8 Å². The molecule has 3 aromatic carbocycles. The monoisotopic (exact) mass is 582 g/mol. The third-order valence-electron chi connectivity index (χ3n) is 6.24. The van der Waals surface area contributed by atoms with Crippen LogP contribution in [0.5, 0.6) is 11.5 Å². The zero-order valence-corrected chi connectivity index (χ0v) is 23.8. The van der Waals surface area contributed by atoms with E-state index >= 15 is 0 Å². The number of benzene rings is 3. The number of anilines is 1. The van der Waals surface area contributed by atoms with E-state index in [0.29, 0.717) is 32.6 Å². The molecule has 0 spiro atoms. The molecule has 0 aliphatic rings. The number of ether oxygens (including phenoxy) is 1. The number of hydrogen-bond donors (Lipinski definition) is 1. The average Bonchev–Trinajstić information content (AvgIpc) is 3.70. The molecule has 1 N–H and O–H groups in total. The van der Waals surface area contributed by atoms with Gasteiger partial charge in [-0.25, -0.2) is 9.67 Å². The Morgan fingerprint density at radius 3 is 2.46 bits per heavy atom. The molecule has 3 heterocycles. The zero-order valence-electron chi connectivity index (χ0n) is 22.3. The van der Waals surface area contributed by atoms with Gasteiger partial charge >= 0.3 is 0 Å². The third kappa shape index (κ3) is 5.47. The van der Waals surface area contributed by atoms with Gasteiger partial charge in [-0.1, -0.05) is 47.2 Å². The Balaban J connectivity index is 1.23. The van der Waals surface area contributed by atoms with Crippen LogP contribution >= 0.6 is 22.9 Å². The molecule has 3 aromatic heterocycles. The maximum absolute atomic E-state index is 13.4. The van der Waals surface area contributed by atoms with Gasteiger partial charge < -0.3 is 9.15 Å². The van der Waals surface area contributed by atoms with E-state index in [2.05, 4.69) is 25.6 Å². The number of carbonyl (C=O) groups excluding carboxylic acids is 1. The second-order valence-corrected chi connectivity index (χ2v) is 10.6. The summed E-state index contributed by atoms with van der Waals surface area (Å²) in [5.41, 5.74) is 4.12. The lowest BCUT2D eigenvalue weighted by Gasteiger charge is -2.09. The normalized spacial score (nSPS) is 11.0. The molecule has 0 bridgehead atoms. The highest BCUT2D eigenvalue weighted by Crippen LogP contribution is 2.33. The summed E-state index contributed by atoms with van der Waals surface area (Å²) in [6, 6.07) is 24.3. The van der Waals surface area contributed by atoms with Gasteiger partial charge in [-0.2, -0.15) is 5.10 Å². The summed E-state index contributed by atoms with van der Waals surface area (Å²) < 4.78 is 13.6. The first-order chi connectivity index (χ1) is 19.9. The molecule has 1 amide bonds. The zero-order chi connectivity index (χ0) is 28.5. The van der Waals surface area contributed by atoms with E-state index in [0.717, 1.165) is 28.1 Å². The molecule has 6 rings (SSSR count). The van der Waals surface area contributed by atoms with E-state index in [1.807, 2.05) is 99.6 Å². The van der Waals surface area contributed by atoms with Crippen molar-refractivity contribution in [3.05, 3.63) is 107 Å². The smallest absolute Gasteiger partial charge is 0.281 e. The first-order valence-electron chi connectivity index (χ1n) is 12.6. The van der Waals surface area contributed by atoms with Crippen LogP contribution in [-0.4, -0.2) is 30.9 Å². The van der Waals surface area contributed by atoms with Gasteiger partial charge in [0.1, 0.15) is 16.5 Å². The Morgan fingerprint density at radius 2 is 1.73 bits per heavy atom. The van der Waals surface area contributed by atoms with Crippen LogP contribution in [-0.2, 0) is 0 Å². The lowest BCUT2D eigenvalue weighted by atomic mass is 10.2. The number of nitrogens with one attached hydrogen (secondary N) is 1. The fraction of sp³-hybridized carbons (Fsp3) is 0.100. The van der Waals surface area contributed by atoms with Crippen molar-refractivity contribution >= 4 is 34.0 Å². The fourth-order valence-electron chi connectivity index (χ4n) is 4.18. The SMILES string of the molecule is Cc1cc(C)n(-c2oc(-c3ccccc3)nc2C(=O)Nc2nnc(-c3ccc(Oc4cccc(Cl)c4C)cc3)s2)n1. The largest absolute Gasteiger partial charge is 0.457 e. The minimum Gasteiger partial charge on any atom is -0.457 e. The topological polar surface area (TPSA) is 108 Å². The van der Waals surface area contributed by atoms with E-state index in [-0.39, 0.29) is 11.6 Å². The maximum Gasteiger partial charge on any atom is 0.281 e. The highest BCUT2D eigenvalue weighted by atomic mass is 35.5. The van der Waals surface area contributed by atoms with E-state index in [9.17, 15) is 4.79 Å². The highest BCUT2D eigenvalue weighted by molar-refractivity contribution is 7.18. The Hall–Kier alpha value is -4.80. The molecule has 41 heavy (non-hydrogen) atoms. The molecular formula is C30H23ClN6O3S. The second kappa shape index (κ2) is 11.0. The summed E-state index contributed by atoms with van der Waals surface area (Å²) in [5, 5.41) is 17.3. The van der Waals surface area contributed by atoms with E-state index in [1.54, 1.807) is 4.68 Å². The quantitative estimate of drug-likeness (QED) is 0.206. The number of aryl methyl sites for hydroxylation is 2. The summed E-state index contributed by atoms with van der Waals surface area (Å²) in [6.45, 7) is 5.66. The van der Waals surface area contributed by atoms with Gasteiger partial charge in [-0.3, -0.25) is 10.1 Å². The molecular weight excluding hydrogens is 560 g/mol. The summed E-state index contributed by atoms with van der Waals surface area (Å²) >= 11 is 7.44. The van der Waals surface area contributed by atoms with Crippen molar-refractivity contribution in [2.45, 2.75) is 20.8 Å². The fourth-order valence-corrected chi connectivity index (χ4v) is 5.09. The first kappa shape index (κ1) is 26.4. The molecule has 9 nitrogen and oxygen atoms in total. The van der Waals surface area contributed by atoms with Gasteiger partial charge in [0, 0.05) is 27.4 Å². The Morgan fingerprint density at radius 1 is 0.951 bits per heavy atom. The Labute approximate surface area is 244 Å². The molecule has 0 atom stereocenters. The molecule has 204 valence electrons. The number of hydrogen-bond acceptors (Lipinski definition) is 8. The van der Waals surface area contributed by atoms with Crippen molar-refractivity contribution in [1.82, 2.24) is 25.0 Å². The van der Waals surface area contributed by atoms with E-state index in [4.69, 9.17) is 20.8 Å². The number of amides is 1. The van der Waals surface area contributed by atoms with Crippen molar-refractivity contribution in [2.75, 3.05) is 5.32 Å². The van der Waals surface area contributed by atoms with E-state index < -0.39 is 5.91 Å². The van der Waals surface area contributed by atoms with Gasteiger partial charge in [-0.15, -0.1) is 10.2 Å². The molecule has 0 aliphatic heterocycles. The molecule has 0 saturated heterocycles. The van der Waals surface area contributed by atoms with Crippen molar-refractivity contribution in [3.63, 3.8) is 0 Å². The Bertz CT molecular complexity index is 1860. The first-order valence-corrected chi connectivity index (χ1v) is 13.8. The molecule has 0 radical (unpaired) electrons. The van der Waals surface area contributed by atoms with Gasteiger partial charge in [0.2, 0.25) is 11.0 Å². The Kier molecular flexibility index (Phi) is 7.08. The van der Waals surface area contributed by atoms with Crippen LogP contribution in [0.25, 0.3) is 27.9 Å². The number of aromatic nitrogens is 5. The van der Waals surface area contributed by atoms with Gasteiger partial charge in [0.15, 0.2) is 5.69 Å². The number of rotatable bonds is 7. The van der Waals surface area contributed by atoms with Crippen LogP contribution in [0.2, 0.25) is 5.02 Å². The predicted octanol–water partition coefficient (Wildman–Crippen LogP) is 7.67. The summed E-state index contributed by atoms with van der Waals surface area (Å²) in [6.07, 6.45) is 0. The van der Waals surface area contributed by atoms with Gasteiger partial charge in [-0.05, 0) is 75.4 Å². The van der Waals surface area contributed by atoms with Crippen LogP contribution in [0.4, 0.5) is 5.13 Å². The molecule has 0 fully saturated rings. The third-order valence-corrected chi connectivity index (χ3v) is 7.54. The maximum atomic E-state index is 13.4. The van der Waals surface area contributed by atoms with Crippen LogP contribution in [0.3, 0.4) is 0 Å². The summed E-state index contributed by atoms with van der Waals surface area (Å²) in [7, 11) is 0. The lowest BCUT2D eigenvalue weighted by Crippen LogP contribution is -2.15. The molecule has 0 aliphatic carbocycles. The molecule has 6 aromatic rings. The van der Waals surface area contributed by atoms with Crippen molar-refractivity contribution in [3.8, 4) is 39.4 Å². The average molecular weight is 583 g/mol. The number of oxazole rings is 1. The van der Waals surface area contributed by atoms with Crippen LogP contribution < -0.4 is 10.1 Å². The summed E-state index contributed by atoms with van der Waals surface area (Å²) in [4.78, 5) is 17.9. The summed E-state index contributed by atoms with van der Waals surface area (Å²) in [5.74, 6) is 1.40. The van der Waals surface area contributed by atoms with E-state index in [1.165, 1.54) is 11.3 Å². The van der Waals surface area contributed by atoms with Crippen LogP contribution in [0.15, 0.2) is 83.3 Å². The highest BCUT2D eigenvalue weighted by Gasteiger charge is 2.25. The number of carbonyl (C=O) groups is 1.